The number of amides is 1. The van der Waals surface area contributed by atoms with Crippen LogP contribution >= 0.6 is 11.3 Å². The summed E-state index contributed by atoms with van der Waals surface area (Å²) in [4.78, 5) is 23.6. The van der Waals surface area contributed by atoms with Gasteiger partial charge in [0, 0.05) is 10.9 Å². The minimum absolute atomic E-state index is 0.0259. The Labute approximate surface area is 109 Å². The van der Waals surface area contributed by atoms with Crippen LogP contribution < -0.4 is 5.32 Å². The van der Waals surface area contributed by atoms with E-state index in [1.54, 1.807) is 29.6 Å². The molecular weight excluding hydrogens is 246 g/mol. The largest absolute Gasteiger partial charge is 0.345 e. The van der Waals surface area contributed by atoms with Crippen molar-refractivity contribution >= 4 is 23.0 Å². The smallest absolute Gasteiger partial charge is 0.252 e. The van der Waals surface area contributed by atoms with Crippen molar-refractivity contribution in [3.05, 3.63) is 57.8 Å². The molecule has 1 aromatic heterocycles. The normalized spacial score (nSPS) is 10.1. The number of carbonyl (C=O) groups excluding carboxylic acids is 2. The molecule has 0 aliphatic carbocycles. The summed E-state index contributed by atoms with van der Waals surface area (Å²) < 4.78 is 0. The van der Waals surface area contributed by atoms with Crippen LogP contribution in [0, 0.1) is 6.92 Å². The van der Waals surface area contributed by atoms with Crippen LogP contribution in [-0.4, -0.2) is 18.2 Å². The molecule has 0 unspecified atom stereocenters. The Morgan fingerprint density at radius 2 is 1.89 bits per heavy atom. The lowest BCUT2D eigenvalue weighted by molar-refractivity contribution is 0.0904. The molecule has 2 aromatic rings. The van der Waals surface area contributed by atoms with Crippen LogP contribution in [-0.2, 0) is 0 Å². The Morgan fingerprint density at radius 3 is 2.50 bits per heavy atom. The van der Waals surface area contributed by atoms with Crippen LogP contribution in [0.4, 0.5) is 0 Å². The zero-order chi connectivity index (χ0) is 13.0. The van der Waals surface area contributed by atoms with Crippen molar-refractivity contribution in [1.29, 1.82) is 0 Å². The van der Waals surface area contributed by atoms with Gasteiger partial charge in [-0.15, -0.1) is 0 Å². The van der Waals surface area contributed by atoms with E-state index in [0.717, 1.165) is 5.56 Å². The average molecular weight is 259 g/mol. The summed E-state index contributed by atoms with van der Waals surface area (Å²) in [6, 6.07) is 8.94. The molecule has 0 saturated carbocycles. The van der Waals surface area contributed by atoms with Gasteiger partial charge in [0.05, 0.1) is 12.1 Å². The summed E-state index contributed by atoms with van der Waals surface area (Å²) in [6.45, 7) is 1.91. The van der Waals surface area contributed by atoms with Gasteiger partial charge in [0.15, 0.2) is 5.78 Å². The van der Waals surface area contributed by atoms with E-state index in [9.17, 15) is 9.59 Å². The molecule has 1 heterocycles. The number of carbonyl (C=O) groups is 2. The summed E-state index contributed by atoms with van der Waals surface area (Å²) in [5.41, 5.74) is 2.19. The van der Waals surface area contributed by atoms with Crippen LogP contribution in [0.1, 0.15) is 26.3 Å². The molecule has 0 aliphatic rings. The van der Waals surface area contributed by atoms with E-state index >= 15 is 0 Å². The molecule has 1 N–H and O–H groups in total. The van der Waals surface area contributed by atoms with Crippen LogP contribution in [0.3, 0.4) is 0 Å². The fourth-order valence-corrected chi connectivity index (χ4v) is 2.40. The maximum atomic E-state index is 11.8. The highest BCUT2D eigenvalue weighted by molar-refractivity contribution is 7.08. The summed E-state index contributed by atoms with van der Waals surface area (Å²) in [6.07, 6.45) is 0. The second-order valence-electron chi connectivity index (χ2n) is 3.94. The topological polar surface area (TPSA) is 46.2 Å². The van der Waals surface area contributed by atoms with Gasteiger partial charge in [-0.3, -0.25) is 9.59 Å². The molecule has 1 amide bonds. The molecule has 1 aromatic carbocycles. The SMILES string of the molecule is Cc1cscc1C(=O)NCC(=O)c1ccccc1. The van der Waals surface area contributed by atoms with Crippen molar-refractivity contribution in [2.45, 2.75) is 6.92 Å². The molecule has 2 rings (SSSR count). The Kier molecular flexibility index (Phi) is 3.89. The number of thiophene rings is 1. The van der Waals surface area contributed by atoms with Crippen LogP contribution in [0.15, 0.2) is 41.1 Å². The van der Waals surface area contributed by atoms with Gasteiger partial charge in [-0.2, -0.15) is 11.3 Å². The van der Waals surface area contributed by atoms with Gasteiger partial charge in [0.1, 0.15) is 0 Å². The molecule has 4 heteroatoms. The molecule has 18 heavy (non-hydrogen) atoms. The van der Waals surface area contributed by atoms with E-state index in [1.807, 2.05) is 18.4 Å². The Bertz CT molecular complexity index is 560. The number of aryl methyl sites for hydroxylation is 1. The van der Waals surface area contributed by atoms with Crippen molar-refractivity contribution < 1.29 is 9.59 Å². The third-order valence-electron chi connectivity index (χ3n) is 2.61. The van der Waals surface area contributed by atoms with E-state index in [4.69, 9.17) is 0 Å². The third kappa shape index (κ3) is 2.84. The molecule has 0 bridgehead atoms. The lowest BCUT2D eigenvalue weighted by Gasteiger charge is -2.04. The van der Waals surface area contributed by atoms with Crippen molar-refractivity contribution in [2.24, 2.45) is 0 Å². The minimum Gasteiger partial charge on any atom is -0.345 e. The molecule has 3 nitrogen and oxygen atoms in total. The highest BCUT2D eigenvalue weighted by atomic mass is 32.1. The summed E-state index contributed by atoms with van der Waals surface area (Å²) >= 11 is 1.48. The summed E-state index contributed by atoms with van der Waals surface area (Å²) in [7, 11) is 0. The van der Waals surface area contributed by atoms with E-state index < -0.39 is 0 Å². The molecule has 92 valence electrons. The Morgan fingerprint density at radius 1 is 1.17 bits per heavy atom. The summed E-state index contributed by atoms with van der Waals surface area (Å²) in [5.74, 6) is -0.283. The highest BCUT2D eigenvalue weighted by Gasteiger charge is 2.11. The molecular formula is C14H13NO2S. The molecule has 0 fully saturated rings. The number of benzene rings is 1. The van der Waals surface area contributed by atoms with Gasteiger partial charge in [0.2, 0.25) is 0 Å². The number of nitrogens with one attached hydrogen (secondary N) is 1. The highest BCUT2D eigenvalue weighted by Crippen LogP contribution is 2.13. The number of hydrogen-bond donors (Lipinski definition) is 1. The van der Waals surface area contributed by atoms with Gasteiger partial charge < -0.3 is 5.32 Å². The molecule has 0 aliphatic heterocycles. The first-order valence-electron chi connectivity index (χ1n) is 5.57. The van der Waals surface area contributed by atoms with Gasteiger partial charge >= 0.3 is 0 Å². The lowest BCUT2D eigenvalue weighted by atomic mass is 10.1. The minimum atomic E-state index is -0.196. The monoisotopic (exact) mass is 259 g/mol. The fraction of sp³-hybridized carbons (Fsp3) is 0.143. The van der Waals surface area contributed by atoms with Crippen molar-refractivity contribution in [3.63, 3.8) is 0 Å². The standard InChI is InChI=1S/C14H13NO2S/c1-10-8-18-9-12(10)14(17)15-7-13(16)11-5-3-2-4-6-11/h2-6,8-9H,7H2,1H3,(H,15,17). The zero-order valence-corrected chi connectivity index (χ0v) is 10.8. The third-order valence-corrected chi connectivity index (χ3v) is 3.47. The first-order chi connectivity index (χ1) is 8.68. The van der Waals surface area contributed by atoms with Gasteiger partial charge in [-0.05, 0) is 17.9 Å². The molecule has 0 spiro atoms. The van der Waals surface area contributed by atoms with Crippen LogP contribution in [0.5, 0.6) is 0 Å². The van der Waals surface area contributed by atoms with Gasteiger partial charge in [0.25, 0.3) is 5.91 Å². The second-order valence-corrected chi connectivity index (χ2v) is 4.68. The van der Waals surface area contributed by atoms with Crippen LogP contribution in [0.2, 0.25) is 0 Å². The van der Waals surface area contributed by atoms with E-state index in [1.165, 1.54) is 11.3 Å². The molecule has 0 atom stereocenters. The maximum Gasteiger partial charge on any atom is 0.252 e. The van der Waals surface area contributed by atoms with E-state index in [0.29, 0.717) is 11.1 Å². The predicted octanol–water partition coefficient (Wildman–Crippen LogP) is 2.67. The number of rotatable bonds is 4. The molecule has 0 radical (unpaired) electrons. The Hall–Kier alpha value is -1.94. The first kappa shape index (κ1) is 12.5. The zero-order valence-electron chi connectivity index (χ0n) is 9.97. The van der Waals surface area contributed by atoms with E-state index in [-0.39, 0.29) is 18.2 Å². The fourth-order valence-electron chi connectivity index (χ4n) is 1.58. The maximum absolute atomic E-state index is 11.8. The summed E-state index contributed by atoms with van der Waals surface area (Å²) in [5, 5.41) is 6.34. The number of hydrogen-bond acceptors (Lipinski definition) is 3. The Balaban J connectivity index is 1.95. The van der Waals surface area contributed by atoms with Crippen molar-refractivity contribution in [3.8, 4) is 0 Å². The lowest BCUT2D eigenvalue weighted by Crippen LogP contribution is -2.29. The van der Waals surface area contributed by atoms with Crippen LogP contribution in [0.25, 0.3) is 0 Å². The van der Waals surface area contributed by atoms with Gasteiger partial charge in [-0.1, -0.05) is 30.3 Å². The second kappa shape index (κ2) is 5.60. The van der Waals surface area contributed by atoms with Gasteiger partial charge in [-0.25, -0.2) is 0 Å². The average Bonchev–Trinajstić information content (AvgIpc) is 2.83. The van der Waals surface area contributed by atoms with Crippen molar-refractivity contribution in [1.82, 2.24) is 5.32 Å². The molecule has 0 saturated heterocycles. The number of ketones is 1. The first-order valence-corrected chi connectivity index (χ1v) is 6.52. The van der Waals surface area contributed by atoms with Crippen molar-refractivity contribution in [2.75, 3.05) is 6.54 Å². The van der Waals surface area contributed by atoms with E-state index in [2.05, 4.69) is 5.32 Å². The quantitative estimate of drug-likeness (QED) is 0.858. The predicted molar refractivity (Wildman–Crippen MR) is 72.2 cm³/mol. The number of Topliss-reactive ketones (excluding diaryl/α,β-unsaturated/α-hetero) is 1.